The Morgan fingerprint density at radius 2 is 1.55 bits per heavy atom. The van der Waals surface area contributed by atoms with Crippen molar-refractivity contribution in [2.45, 2.75) is 19.9 Å². The summed E-state index contributed by atoms with van der Waals surface area (Å²) >= 11 is 0. The lowest BCUT2D eigenvalue weighted by atomic mass is 10.1. The molecule has 8 heteroatoms. The number of hydrogen-bond donors (Lipinski definition) is 1. The summed E-state index contributed by atoms with van der Waals surface area (Å²) in [4.78, 5) is 27.9. The van der Waals surface area contributed by atoms with Gasteiger partial charge in [-0.15, -0.1) is 0 Å². The van der Waals surface area contributed by atoms with Crippen LogP contribution in [0.1, 0.15) is 24.2 Å². The molecule has 29 heavy (non-hydrogen) atoms. The number of ketones is 1. The Morgan fingerprint density at radius 1 is 0.931 bits per heavy atom. The van der Waals surface area contributed by atoms with Crippen LogP contribution in [0, 0.1) is 17.5 Å². The third kappa shape index (κ3) is 4.59. The van der Waals surface area contributed by atoms with Crippen LogP contribution in [0.3, 0.4) is 0 Å². The van der Waals surface area contributed by atoms with Crippen molar-refractivity contribution in [3.63, 3.8) is 0 Å². The number of nitrogens with one attached hydrogen (secondary N) is 1. The maximum atomic E-state index is 13.8. The van der Waals surface area contributed by atoms with Crippen LogP contribution in [0.15, 0.2) is 36.4 Å². The molecule has 2 aromatic rings. The first kappa shape index (κ1) is 20.9. The number of halogens is 3. The summed E-state index contributed by atoms with van der Waals surface area (Å²) in [5.74, 6) is -4.81. The Labute approximate surface area is 167 Å². The first-order valence-corrected chi connectivity index (χ1v) is 9.32. The number of anilines is 2. The second kappa shape index (κ2) is 8.65. The van der Waals surface area contributed by atoms with Gasteiger partial charge in [-0.25, -0.2) is 13.2 Å². The standard InChI is InChI=1S/C21H22F3N3O2/c1-13(21(29)25-18-8-7-17(22)19(23)20(18)24)26-9-11-27(12-10-26)16-5-3-15(4-6-16)14(2)28/h3-8,13H,9-12H2,1-2H3,(H,25,29)/t13-/m1/s1. The summed E-state index contributed by atoms with van der Waals surface area (Å²) in [7, 11) is 0. The third-order valence-electron chi connectivity index (χ3n) is 5.17. The molecule has 0 bridgehead atoms. The Bertz CT molecular complexity index is 910. The average Bonchev–Trinajstić information content (AvgIpc) is 2.73. The van der Waals surface area contributed by atoms with Gasteiger partial charge in [-0.05, 0) is 50.2 Å². The van der Waals surface area contributed by atoms with Crippen LogP contribution < -0.4 is 10.2 Å². The van der Waals surface area contributed by atoms with E-state index in [2.05, 4.69) is 10.2 Å². The van der Waals surface area contributed by atoms with Crippen molar-refractivity contribution in [2.75, 3.05) is 36.4 Å². The number of rotatable bonds is 5. The normalized spacial score (nSPS) is 15.8. The highest BCUT2D eigenvalue weighted by atomic mass is 19.2. The first-order chi connectivity index (χ1) is 13.8. The number of carbonyl (C=O) groups excluding carboxylic acids is 2. The average molecular weight is 405 g/mol. The molecule has 1 aliphatic rings. The highest BCUT2D eigenvalue weighted by Crippen LogP contribution is 2.21. The summed E-state index contributed by atoms with van der Waals surface area (Å²) in [5, 5.41) is 2.33. The summed E-state index contributed by atoms with van der Waals surface area (Å²) in [6, 6.07) is 8.58. The fourth-order valence-electron chi connectivity index (χ4n) is 3.30. The van der Waals surface area contributed by atoms with Gasteiger partial charge in [0.1, 0.15) is 0 Å². The maximum absolute atomic E-state index is 13.8. The van der Waals surface area contributed by atoms with Gasteiger partial charge in [0.05, 0.1) is 11.7 Å². The highest BCUT2D eigenvalue weighted by molar-refractivity contribution is 5.95. The number of amides is 1. The van der Waals surface area contributed by atoms with Gasteiger partial charge in [0.15, 0.2) is 23.2 Å². The molecule has 0 unspecified atom stereocenters. The van der Waals surface area contributed by atoms with E-state index in [1.807, 2.05) is 17.0 Å². The van der Waals surface area contributed by atoms with Crippen LogP contribution in [0.2, 0.25) is 0 Å². The molecular weight excluding hydrogens is 383 g/mol. The number of benzene rings is 2. The van der Waals surface area contributed by atoms with Crippen molar-refractivity contribution >= 4 is 23.1 Å². The van der Waals surface area contributed by atoms with Crippen molar-refractivity contribution in [2.24, 2.45) is 0 Å². The molecule has 5 nitrogen and oxygen atoms in total. The minimum absolute atomic E-state index is 0.0127. The lowest BCUT2D eigenvalue weighted by Crippen LogP contribution is -2.52. The summed E-state index contributed by atoms with van der Waals surface area (Å²) < 4.78 is 40.1. The van der Waals surface area contributed by atoms with Crippen molar-refractivity contribution in [3.05, 3.63) is 59.4 Å². The van der Waals surface area contributed by atoms with Gasteiger partial charge >= 0.3 is 0 Å². The van der Waals surface area contributed by atoms with Crippen molar-refractivity contribution in [3.8, 4) is 0 Å². The first-order valence-electron chi connectivity index (χ1n) is 9.32. The molecule has 1 heterocycles. The number of hydrogen-bond acceptors (Lipinski definition) is 4. The molecular formula is C21H22F3N3O2. The Kier molecular flexibility index (Phi) is 6.22. The Morgan fingerprint density at radius 3 is 2.14 bits per heavy atom. The Balaban J connectivity index is 1.58. The molecule has 1 atom stereocenters. The molecule has 1 aliphatic heterocycles. The van der Waals surface area contributed by atoms with Crippen LogP contribution in [0.25, 0.3) is 0 Å². The van der Waals surface area contributed by atoms with Crippen LogP contribution in [0.4, 0.5) is 24.5 Å². The van der Waals surface area contributed by atoms with Gasteiger partial charge < -0.3 is 10.2 Å². The maximum Gasteiger partial charge on any atom is 0.241 e. The number of nitrogens with zero attached hydrogens (tertiary/aromatic N) is 2. The second-order valence-corrected chi connectivity index (χ2v) is 7.01. The predicted octanol–water partition coefficient (Wildman–Crippen LogP) is 3.46. The lowest BCUT2D eigenvalue weighted by molar-refractivity contribution is -0.120. The van der Waals surface area contributed by atoms with E-state index >= 15 is 0 Å². The molecule has 3 rings (SSSR count). The van der Waals surface area contributed by atoms with Gasteiger partial charge in [-0.2, -0.15) is 0 Å². The zero-order chi connectivity index (χ0) is 21.1. The zero-order valence-electron chi connectivity index (χ0n) is 16.2. The van der Waals surface area contributed by atoms with Crippen LogP contribution in [0.5, 0.6) is 0 Å². The molecule has 154 valence electrons. The molecule has 2 aromatic carbocycles. The van der Waals surface area contributed by atoms with Crippen molar-refractivity contribution < 1.29 is 22.8 Å². The third-order valence-corrected chi connectivity index (χ3v) is 5.17. The molecule has 1 N–H and O–H groups in total. The largest absolute Gasteiger partial charge is 0.369 e. The van der Waals surface area contributed by atoms with E-state index in [1.54, 1.807) is 19.1 Å². The molecule has 0 aromatic heterocycles. The van der Waals surface area contributed by atoms with Gasteiger partial charge in [0.25, 0.3) is 0 Å². The fourth-order valence-corrected chi connectivity index (χ4v) is 3.30. The molecule has 1 saturated heterocycles. The van der Waals surface area contributed by atoms with Crippen LogP contribution >= 0.6 is 0 Å². The summed E-state index contributed by atoms with van der Waals surface area (Å²) in [5.41, 5.74) is 1.27. The molecule has 1 amide bonds. The summed E-state index contributed by atoms with van der Waals surface area (Å²) in [6.45, 7) is 5.76. The molecule has 0 saturated carbocycles. The topological polar surface area (TPSA) is 52.7 Å². The van der Waals surface area contributed by atoms with E-state index < -0.39 is 29.4 Å². The zero-order valence-corrected chi connectivity index (χ0v) is 16.2. The SMILES string of the molecule is CC(=O)c1ccc(N2CCN([C@H](C)C(=O)Nc3ccc(F)c(F)c3F)CC2)cc1. The lowest BCUT2D eigenvalue weighted by Gasteiger charge is -2.38. The van der Waals surface area contributed by atoms with Crippen molar-refractivity contribution in [1.82, 2.24) is 4.90 Å². The van der Waals surface area contributed by atoms with Crippen LogP contribution in [-0.2, 0) is 4.79 Å². The summed E-state index contributed by atoms with van der Waals surface area (Å²) in [6.07, 6.45) is 0. The number of piperazine rings is 1. The minimum Gasteiger partial charge on any atom is -0.369 e. The van der Waals surface area contributed by atoms with E-state index in [4.69, 9.17) is 0 Å². The number of carbonyl (C=O) groups is 2. The van der Waals surface area contributed by atoms with Crippen LogP contribution in [-0.4, -0.2) is 48.8 Å². The second-order valence-electron chi connectivity index (χ2n) is 7.01. The van der Waals surface area contributed by atoms with Gasteiger partial charge in [-0.1, -0.05) is 0 Å². The fraction of sp³-hybridized carbons (Fsp3) is 0.333. The van der Waals surface area contributed by atoms with Crippen molar-refractivity contribution in [1.29, 1.82) is 0 Å². The minimum atomic E-state index is -1.61. The predicted molar refractivity (Wildman–Crippen MR) is 105 cm³/mol. The monoisotopic (exact) mass is 405 g/mol. The van der Waals surface area contributed by atoms with E-state index in [0.717, 1.165) is 17.8 Å². The molecule has 0 spiro atoms. The molecule has 0 radical (unpaired) electrons. The number of Topliss-reactive ketones (excluding diaryl/α,β-unsaturated/α-hetero) is 1. The van der Waals surface area contributed by atoms with Gasteiger partial charge in [0.2, 0.25) is 5.91 Å². The van der Waals surface area contributed by atoms with Gasteiger partial charge in [0, 0.05) is 37.4 Å². The quantitative estimate of drug-likeness (QED) is 0.612. The van der Waals surface area contributed by atoms with Gasteiger partial charge in [-0.3, -0.25) is 14.5 Å². The van der Waals surface area contributed by atoms with E-state index in [1.165, 1.54) is 6.92 Å². The van der Waals surface area contributed by atoms with E-state index in [-0.39, 0.29) is 11.5 Å². The van der Waals surface area contributed by atoms with E-state index in [0.29, 0.717) is 31.7 Å². The molecule has 0 aliphatic carbocycles. The Hall–Kier alpha value is -2.87. The van der Waals surface area contributed by atoms with E-state index in [9.17, 15) is 22.8 Å². The highest BCUT2D eigenvalue weighted by Gasteiger charge is 2.27. The molecule has 1 fully saturated rings. The smallest absolute Gasteiger partial charge is 0.241 e.